The number of ether oxygens (including phenoxy) is 1. The minimum atomic E-state index is -3.11. The maximum absolute atomic E-state index is 16.1. The fraction of sp³-hybridized carbons (Fsp3) is 0.649. The molecule has 2 atom stereocenters. The van der Waals surface area contributed by atoms with Crippen molar-refractivity contribution in [1.82, 2.24) is 19.4 Å². The summed E-state index contributed by atoms with van der Waals surface area (Å²) in [5.74, 6) is -3.22. The highest BCUT2D eigenvalue weighted by Gasteiger charge is 2.43. The van der Waals surface area contributed by atoms with Gasteiger partial charge in [0.05, 0.1) is 23.0 Å². The Hall–Kier alpha value is -2.96. The molecule has 1 aromatic carbocycles. The number of hydrogen-bond donors (Lipinski definition) is 1. The van der Waals surface area contributed by atoms with Crippen molar-refractivity contribution in [3.63, 3.8) is 0 Å². The van der Waals surface area contributed by atoms with Gasteiger partial charge >= 0.3 is 0 Å². The highest BCUT2D eigenvalue weighted by atomic mass is 32.2. The predicted molar refractivity (Wildman–Crippen MR) is 189 cm³/mol. The first-order valence-electron chi connectivity index (χ1n) is 18.1. The Morgan fingerprint density at radius 2 is 1.63 bits per heavy atom. The average Bonchev–Trinajstić information content (AvgIpc) is 3.09. The van der Waals surface area contributed by atoms with Crippen LogP contribution in [0.3, 0.4) is 0 Å². The second kappa shape index (κ2) is 15.5. The van der Waals surface area contributed by atoms with Gasteiger partial charge in [0.2, 0.25) is 0 Å². The highest BCUT2D eigenvalue weighted by molar-refractivity contribution is 7.91. The van der Waals surface area contributed by atoms with Crippen LogP contribution >= 0.6 is 0 Å². The van der Waals surface area contributed by atoms with Crippen molar-refractivity contribution in [1.29, 1.82) is 0 Å². The number of rotatable bonds is 2. The van der Waals surface area contributed by atoms with E-state index in [9.17, 15) is 13.2 Å². The standard InChI is InChI=1S/C37H51F2N5O4S/c1-26-28-10-9-11-30(22-28)37(38,39)29-13-18-43(19-14-29)24-31(48-2)12-7-5-3-4-6-8-17-44-35-33(34(42-26)40-25-41-35)23-32(36(44)45)27-15-20-49(46,47)21-16-27/h9-11,22-23,25-27,29,31H,3-8,12-21,24H2,1-2H3,(H,40,41,42)/t26-,31?/m1/s1. The quantitative estimate of drug-likeness (QED) is 0.311. The molecule has 3 aromatic rings. The Kier molecular flexibility index (Phi) is 11.4. The third kappa shape index (κ3) is 8.34. The Morgan fingerprint density at radius 1 is 0.918 bits per heavy atom. The molecule has 0 spiro atoms. The fourth-order valence-corrected chi connectivity index (χ4v) is 9.45. The maximum atomic E-state index is 16.1. The topological polar surface area (TPSA) is 106 Å². The number of piperidine rings is 1. The van der Waals surface area contributed by atoms with Crippen molar-refractivity contribution in [2.45, 2.75) is 108 Å². The molecule has 4 aliphatic heterocycles. The van der Waals surface area contributed by atoms with Crippen LogP contribution in [0.4, 0.5) is 14.6 Å². The number of methoxy groups -OCH3 is 1. The number of aromatic nitrogens is 3. The SMILES string of the molecule is COC1CCCCCCCCn2c(=O)c(C3CCS(=O)(=O)CC3)cc3c(ncnc32)N[C@H](C)c2cccc(c2)C(F)(F)C2CCN(CC2)C1. The van der Waals surface area contributed by atoms with Crippen LogP contribution in [0, 0.1) is 5.92 Å². The summed E-state index contributed by atoms with van der Waals surface area (Å²) in [6.07, 6.45) is 10.3. The lowest BCUT2D eigenvalue weighted by atomic mass is 9.85. The summed E-state index contributed by atoms with van der Waals surface area (Å²) >= 11 is 0. The molecule has 6 heterocycles. The molecule has 4 aliphatic rings. The zero-order valence-electron chi connectivity index (χ0n) is 28.9. The first-order chi connectivity index (χ1) is 23.6. The van der Waals surface area contributed by atoms with E-state index in [1.807, 2.05) is 19.1 Å². The first-order valence-corrected chi connectivity index (χ1v) is 20.0. The maximum Gasteiger partial charge on any atom is 0.276 e. The lowest BCUT2D eigenvalue weighted by molar-refractivity contribution is -0.0882. The smallest absolute Gasteiger partial charge is 0.276 e. The van der Waals surface area contributed by atoms with Crippen LogP contribution in [-0.2, 0) is 27.0 Å². The van der Waals surface area contributed by atoms with E-state index in [1.54, 1.807) is 23.8 Å². The van der Waals surface area contributed by atoms with Crippen molar-refractivity contribution in [3.8, 4) is 0 Å². The van der Waals surface area contributed by atoms with E-state index in [4.69, 9.17) is 4.74 Å². The molecule has 9 nitrogen and oxygen atoms in total. The van der Waals surface area contributed by atoms with E-state index in [1.165, 1.54) is 12.4 Å². The number of alkyl halides is 2. The zero-order valence-corrected chi connectivity index (χ0v) is 29.7. The van der Waals surface area contributed by atoms with Crippen LogP contribution in [-0.4, -0.2) is 72.2 Å². The summed E-state index contributed by atoms with van der Waals surface area (Å²) in [4.78, 5) is 25.4. The van der Waals surface area contributed by atoms with E-state index in [2.05, 4.69) is 20.2 Å². The third-order valence-electron chi connectivity index (χ3n) is 11.1. The molecule has 1 unspecified atom stereocenters. The van der Waals surface area contributed by atoms with Crippen LogP contribution in [0.5, 0.6) is 0 Å². The molecule has 0 radical (unpaired) electrons. The summed E-state index contributed by atoms with van der Waals surface area (Å²) in [7, 11) is -1.36. The van der Waals surface area contributed by atoms with Gasteiger partial charge in [0.1, 0.15) is 27.6 Å². The number of fused-ring (bicyclic) bond motifs is 12. The molecule has 0 aliphatic carbocycles. The molecular formula is C37H51F2N5O4S. The molecule has 7 rings (SSSR count). The van der Waals surface area contributed by atoms with Gasteiger partial charge in [0.25, 0.3) is 11.5 Å². The lowest BCUT2D eigenvalue weighted by Crippen LogP contribution is -2.43. The van der Waals surface area contributed by atoms with Crippen molar-refractivity contribution < 1.29 is 21.9 Å². The number of hydrogen-bond acceptors (Lipinski definition) is 8. The largest absolute Gasteiger partial charge is 0.380 e. The number of sulfone groups is 1. The number of halogens is 2. The highest BCUT2D eigenvalue weighted by Crippen LogP contribution is 2.42. The number of pyridine rings is 1. The van der Waals surface area contributed by atoms with Gasteiger partial charge in [0, 0.05) is 43.3 Å². The van der Waals surface area contributed by atoms with Gasteiger partial charge in [-0.05, 0) is 82.2 Å². The summed E-state index contributed by atoms with van der Waals surface area (Å²) in [6.45, 7) is 4.47. The third-order valence-corrected chi connectivity index (χ3v) is 12.8. The Labute approximate surface area is 288 Å². The molecule has 12 heteroatoms. The molecular weight excluding hydrogens is 649 g/mol. The number of nitrogens with one attached hydrogen (secondary N) is 1. The Morgan fingerprint density at radius 3 is 2.37 bits per heavy atom. The van der Waals surface area contributed by atoms with E-state index >= 15 is 8.78 Å². The molecule has 2 fully saturated rings. The molecule has 2 aromatic heterocycles. The Balaban J connectivity index is 1.34. The monoisotopic (exact) mass is 699 g/mol. The molecule has 1 N–H and O–H groups in total. The number of nitrogens with zero attached hydrogens (tertiary/aromatic N) is 4. The normalized spacial score (nSPS) is 27.3. The van der Waals surface area contributed by atoms with Crippen LogP contribution in [0.25, 0.3) is 11.0 Å². The van der Waals surface area contributed by atoms with Gasteiger partial charge in [-0.3, -0.25) is 9.36 Å². The van der Waals surface area contributed by atoms with E-state index in [0.717, 1.165) is 51.5 Å². The van der Waals surface area contributed by atoms with Crippen LogP contribution in [0.2, 0.25) is 0 Å². The average molecular weight is 700 g/mol. The number of anilines is 1. The molecule has 2 saturated heterocycles. The zero-order chi connectivity index (χ0) is 34.6. The minimum absolute atomic E-state index is 0.0252. The van der Waals surface area contributed by atoms with Crippen molar-refractivity contribution in [3.05, 3.63) is 63.7 Å². The number of benzene rings is 1. The second-order valence-corrected chi connectivity index (χ2v) is 16.7. The second-order valence-electron chi connectivity index (χ2n) is 14.4. The molecule has 0 saturated carbocycles. The fourth-order valence-electron chi connectivity index (χ4n) is 7.96. The molecule has 8 bridgehead atoms. The molecule has 49 heavy (non-hydrogen) atoms. The molecule has 0 amide bonds. The van der Waals surface area contributed by atoms with Gasteiger partial charge in [-0.1, -0.05) is 50.3 Å². The van der Waals surface area contributed by atoms with Gasteiger partial charge in [-0.2, -0.15) is 0 Å². The van der Waals surface area contributed by atoms with Crippen molar-refractivity contribution in [2.75, 3.05) is 43.6 Å². The van der Waals surface area contributed by atoms with Crippen LogP contribution in [0.15, 0.2) is 41.5 Å². The summed E-state index contributed by atoms with van der Waals surface area (Å²) in [5, 5.41) is 4.12. The van der Waals surface area contributed by atoms with Gasteiger partial charge < -0.3 is 15.0 Å². The van der Waals surface area contributed by atoms with Gasteiger partial charge in [0.15, 0.2) is 0 Å². The van der Waals surface area contributed by atoms with E-state index < -0.39 is 21.7 Å². The number of aryl methyl sites for hydroxylation is 1. The van der Waals surface area contributed by atoms with Crippen LogP contribution < -0.4 is 10.9 Å². The minimum Gasteiger partial charge on any atom is -0.380 e. The van der Waals surface area contributed by atoms with Crippen LogP contribution in [0.1, 0.15) is 106 Å². The van der Waals surface area contributed by atoms with Gasteiger partial charge in [-0.15, -0.1) is 0 Å². The van der Waals surface area contributed by atoms with E-state index in [0.29, 0.717) is 73.3 Å². The predicted octanol–water partition coefficient (Wildman–Crippen LogP) is 6.82. The lowest BCUT2D eigenvalue weighted by Gasteiger charge is -2.37. The van der Waals surface area contributed by atoms with Gasteiger partial charge in [-0.25, -0.2) is 27.2 Å². The van der Waals surface area contributed by atoms with Crippen molar-refractivity contribution in [2.24, 2.45) is 5.92 Å². The van der Waals surface area contributed by atoms with Crippen molar-refractivity contribution >= 4 is 26.7 Å². The first kappa shape index (κ1) is 35.9. The summed E-state index contributed by atoms with van der Waals surface area (Å²) < 4.78 is 64.1. The summed E-state index contributed by atoms with van der Waals surface area (Å²) in [5.41, 5.74) is 1.73. The summed E-state index contributed by atoms with van der Waals surface area (Å²) in [6, 6.07) is 8.15. The van der Waals surface area contributed by atoms with E-state index in [-0.39, 0.29) is 40.7 Å². The molecule has 268 valence electrons. The Bertz CT molecular complexity index is 1750.